The maximum atomic E-state index is 12.1. The lowest BCUT2D eigenvalue weighted by molar-refractivity contribution is 0.0592. The molecule has 5 rings (SSSR count). The molecule has 0 aliphatic carbocycles. The van der Waals surface area contributed by atoms with E-state index in [2.05, 4.69) is 12.1 Å². The third-order valence-electron chi connectivity index (χ3n) is 7.10. The molecule has 0 fully saturated rings. The number of methoxy groups -OCH3 is 4. The second-order valence-corrected chi connectivity index (χ2v) is 10.1. The molecular formula is C38H28N2O10. The van der Waals surface area contributed by atoms with Gasteiger partial charge in [0.2, 0.25) is 11.5 Å². The number of ether oxygens (including phenoxy) is 8. The van der Waals surface area contributed by atoms with E-state index in [1.165, 1.54) is 77.0 Å². The van der Waals surface area contributed by atoms with Crippen molar-refractivity contribution in [1.29, 1.82) is 10.5 Å². The quantitative estimate of drug-likeness (QED) is 0.117. The minimum atomic E-state index is -0.556. The van der Waals surface area contributed by atoms with Gasteiger partial charge in [0.05, 0.1) is 39.6 Å². The van der Waals surface area contributed by atoms with Crippen LogP contribution in [-0.4, -0.2) is 40.4 Å². The highest BCUT2D eigenvalue weighted by Gasteiger charge is 2.32. The number of esters is 2. The van der Waals surface area contributed by atoms with E-state index in [0.29, 0.717) is 11.5 Å². The van der Waals surface area contributed by atoms with Crippen LogP contribution in [0.5, 0.6) is 57.5 Å². The van der Waals surface area contributed by atoms with Crippen LogP contribution >= 0.6 is 0 Å². The number of rotatable bonds is 12. The molecule has 0 radical (unpaired) electrons. The molecule has 250 valence electrons. The average molecular weight is 673 g/mol. The van der Waals surface area contributed by atoms with Gasteiger partial charge in [-0.05, 0) is 97.1 Å². The zero-order valence-corrected chi connectivity index (χ0v) is 27.2. The summed E-state index contributed by atoms with van der Waals surface area (Å²) in [6, 6.07) is 29.1. The van der Waals surface area contributed by atoms with Crippen LogP contribution in [-0.2, 0) is 9.47 Å². The Morgan fingerprint density at radius 1 is 0.420 bits per heavy atom. The second kappa shape index (κ2) is 15.6. The largest absolute Gasteiger partial charge is 0.497 e. The molecule has 0 bridgehead atoms. The lowest BCUT2D eigenvalue weighted by atomic mass is 10.0. The molecule has 12 nitrogen and oxygen atoms in total. The minimum Gasteiger partial charge on any atom is -0.497 e. The van der Waals surface area contributed by atoms with E-state index in [0.717, 1.165) is 0 Å². The molecule has 0 N–H and O–H groups in total. The van der Waals surface area contributed by atoms with E-state index >= 15 is 0 Å². The van der Waals surface area contributed by atoms with Crippen LogP contribution in [0.15, 0.2) is 97.1 Å². The molecular weight excluding hydrogens is 644 g/mol. The van der Waals surface area contributed by atoms with Crippen molar-refractivity contribution in [2.45, 2.75) is 0 Å². The number of nitriles is 2. The van der Waals surface area contributed by atoms with Gasteiger partial charge in [-0.25, -0.2) is 9.59 Å². The van der Waals surface area contributed by atoms with Gasteiger partial charge in [0.25, 0.3) is 0 Å². The summed E-state index contributed by atoms with van der Waals surface area (Å²) in [5.41, 5.74) is 0.0818. The molecule has 0 saturated carbocycles. The van der Waals surface area contributed by atoms with Crippen LogP contribution in [0.25, 0.3) is 0 Å². The predicted octanol–water partition coefficient (Wildman–Crippen LogP) is 8.19. The number of hydrogen-bond donors (Lipinski definition) is 0. The first-order valence-electron chi connectivity index (χ1n) is 14.7. The fourth-order valence-electron chi connectivity index (χ4n) is 4.57. The molecule has 0 unspecified atom stereocenters. The van der Waals surface area contributed by atoms with Crippen molar-refractivity contribution >= 4 is 11.9 Å². The standard InChI is InChI=1S/C38H28N2O10/c1-43-25-13-17-29(18-14-25)47-33-31(21-39)32(22-40)34(48-30-19-15-26(44-2)16-20-30)36(50-28-11-7-24(8-12-28)38(42)46-4)35(33)49-27-9-5-23(6-10-27)37(41)45-3/h5-20H,1-4H3. The lowest BCUT2D eigenvalue weighted by Gasteiger charge is -2.22. The van der Waals surface area contributed by atoms with E-state index < -0.39 is 11.9 Å². The summed E-state index contributed by atoms with van der Waals surface area (Å²) in [5.74, 6) is 0.303. The number of benzene rings is 5. The molecule has 50 heavy (non-hydrogen) atoms. The van der Waals surface area contributed by atoms with E-state index in [4.69, 9.17) is 37.9 Å². The normalized spacial score (nSPS) is 10.1. The Bertz CT molecular complexity index is 1930. The van der Waals surface area contributed by atoms with Gasteiger partial charge >= 0.3 is 11.9 Å². The average Bonchev–Trinajstić information content (AvgIpc) is 3.17. The highest BCUT2D eigenvalue weighted by molar-refractivity contribution is 5.90. The fourth-order valence-corrected chi connectivity index (χ4v) is 4.57. The van der Waals surface area contributed by atoms with E-state index in [1.807, 2.05) is 0 Å². The minimum absolute atomic E-state index is 0.150. The van der Waals surface area contributed by atoms with Gasteiger partial charge in [0, 0.05) is 0 Å². The topological polar surface area (TPSA) is 156 Å². The summed E-state index contributed by atoms with van der Waals surface area (Å²) in [6.07, 6.45) is 0. The number of carbonyl (C=O) groups is 2. The summed E-state index contributed by atoms with van der Waals surface area (Å²) in [6.45, 7) is 0. The Kier molecular flexibility index (Phi) is 10.7. The molecule has 5 aromatic carbocycles. The first-order valence-corrected chi connectivity index (χ1v) is 14.7. The van der Waals surface area contributed by atoms with Gasteiger partial charge in [-0.3, -0.25) is 0 Å². The zero-order chi connectivity index (χ0) is 35.6. The van der Waals surface area contributed by atoms with E-state index in [9.17, 15) is 20.1 Å². The number of hydrogen-bond acceptors (Lipinski definition) is 12. The monoisotopic (exact) mass is 672 g/mol. The zero-order valence-electron chi connectivity index (χ0n) is 27.2. The number of nitrogens with zero attached hydrogens (tertiary/aromatic N) is 2. The molecule has 0 spiro atoms. The van der Waals surface area contributed by atoms with Crippen molar-refractivity contribution in [2.75, 3.05) is 28.4 Å². The van der Waals surface area contributed by atoms with Crippen molar-refractivity contribution in [3.05, 3.63) is 119 Å². The van der Waals surface area contributed by atoms with Gasteiger partial charge < -0.3 is 37.9 Å². The maximum absolute atomic E-state index is 12.1. The molecule has 0 aliphatic rings. The van der Waals surface area contributed by atoms with Gasteiger partial charge in [0.15, 0.2) is 11.5 Å². The van der Waals surface area contributed by atoms with Crippen molar-refractivity contribution in [2.24, 2.45) is 0 Å². The van der Waals surface area contributed by atoms with Crippen molar-refractivity contribution < 1.29 is 47.5 Å². The highest BCUT2D eigenvalue weighted by Crippen LogP contribution is 2.54. The van der Waals surface area contributed by atoms with Crippen molar-refractivity contribution in [3.8, 4) is 69.6 Å². The third kappa shape index (κ3) is 7.51. The summed E-state index contributed by atoms with van der Waals surface area (Å²) in [7, 11) is 5.56. The maximum Gasteiger partial charge on any atom is 0.337 e. The second-order valence-electron chi connectivity index (χ2n) is 10.1. The summed E-state index contributed by atoms with van der Waals surface area (Å²) >= 11 is 0. The van der Waals surface area contributed by atoms with Crippen LogP contribution in [0.3, 0.4) is 0 Å². The Morgan fingerprint density at radius 3 is 0.940 bits per heavy atom. The highest BCUT2D eigenvalue weighted by atomic mass is 16.6. The van der Waals surface area contributed by atoms with Gasteiger partial charge in [-0.15, -0.1) is 0 Å². The molecule has 0 aromatic heterocycles. The van der Waals surface area contributed by atoms with Crippen LogP contribution in [0.4, 0.5) is 0 Å². The van der Waals surface area contributed by atoms with Gasteiger partial charge in [-0.1, -0.05) is 0 Å². The van der Waals surface area contributed by atoms with Crippen LogP contribution < -0.4 is 28.4 Å². The first-order chi connectivity index (χ1) is 24.3. The Hall–Kier alpha value is -7.18. The molecule has 0 saturated heterocycles. The predicted molar refractivity (Wildman–Crippen MR) is 178 cm³/mol. The van der Waals surface area contributed by atoms with Gasteiger partial charge in [0.1, 0.15) is 57.8 Å². The lowest BCUT2D eigenvalue weighted by Crippen LogP contribution is -2.04. The van der Waals surface area contributed by atoms with Crippen molar-refractivity contribution in [3.63, 3.8) is 0 Å². The summed E-state index contributed by atoms with van der Waals surface area (Å²) in [5, 5.41) is 21.0. The number of carbonyl (C=O) groups excluding carboxylic acids is 2. The summed E-state index contributed by atoms with van der Waals surface area (Å²) < 4.78 is 45.4. The molecule has 0 heterocycles. The van der Waals surface area contributed by atoms with Crippen molar-refractivity contribution in [1.82, 2.24) is 0 Å². The van der Waals surface area contributed by atoms with Crippen LogP contribution in [0.1, 0.15) is 31.8 Å². The molecule has 0 amide bonds. The smallest absolute Gasteiger partial charge is 0.337 e. The molecule has 0 aliphatic heterocycles. The Balaban J connectivity index is 1.76. The van der Waals surface area contributed by atoms with E-state index in [-0.39, 0.29) is 68.2 Å². The molecule has 0 atom stereocenters. The first kappa shape index (κ1) is 34.2. The Morgan fingerprint density at radius 2 is 0.680 bits per heavy atom. The van der Waals surface area contributed by atoms with E-state index in [1.54, 1.807) is 48.5 Å². The molecule has 12 heteroatoms. The van der Waals surface area contributed by atoms with Crippen LogP contribution in [0, 0.1) is 22.7 Å². The van der Waals surface area contributed by atoms with Crippen LogP contribution in [0.2, 0.25) is 0 Å². The Labute approximate surface area is 287 Å². The SMILES string of the molecule is COC(=O)c1ccc(Oc2c(Oc3ccc(OC)cc3)c(C#N)c(C#N)c(Oc3ccc(OC)cc3)c2Oc2ccc(C(=O)OC)cc2)cc1. The molecule has 5 aromatic rings. The fraction of sp³-hybridized carbons (Fsp3) is 0.105. The van der Waals surface area contributed by atoms with Gasteiger partial charge in [-0.2, -0.15) is 10.5 Å². The third-order valence-corrected chi connectivity index (χ3v) is 7.10. The summed E-state index contributed by atoms with van der Waals surface area (Å²) in [4.78, 5) is 24.2.